The summed E-state index contributed by atoms with van der Waals surface area (Å²) in [4.78, 5) is 17.7. The van der Waals surface area contributed by atoms with Gasteiger partial charge >= 0.3 is 0 Å². The highest BCUT2D eigenvalue weighted by Gasteiger charge is 2.35. The third kappa shape index (κ3) is 1.00. The molecule has 0 spiro atoms. The SMILES string of the molecule is N#CC1(N)NC(=O)c2nc[nH]c2N1. The molecule has 1 atom stereocenters. The summed E-state index contributed by atoms with van der Waals surface area (Å²) in [5.74, 6) is -1.68. The number of aromatic amines is 1. The first-order valence-corrected chi connectivity index (χ1v) is 3.49. The van der Waals surface area contributed by atoms with Gasteiger partial charge in [-0.1, -0.05) is 0 Å². The minimum absolute atomic E-state index is 0.205. The van der Waals surface area contributed by atoms with Gasteiger partial charge in [-0.05, 0) is 0 Å². The van der Waals surface area contributed by atoms with Crippen LogP contribution in [-0.2, 0) is 0 Å². The van der Waals surface area contributed by atoms with E-state index >= 15 is 0 Å². The number of aromatic nitrogens is 2. The number of nitrogens with one attached hydrogen (secondary N) is 3. The predicted octanol–water partition coefficient (Wildman–Crippen LogP) is -1.30. The number of nitrogens with two attached hydrogens (primary N) is 1. The third-order valence-corrected chi connectivity index (χ3v) is 1.66. The number of H-pyrrole nitrogens is 1. The number of hydrogen-bond donors (Lipinski definition) is 4. The summed E-state index contributed by atoms with van der Waals surface area (Å²) in [5, 5.41) is 13.5. The highest BCUT2D eigenvalue weighted by molar-refractivity contribution is 5.99. The Bertz CT molecular complexity index is 404. The lowest BCUT2D eigenvalue weighted by Crippen LogP contribution is -2.63. The van der Waals surface area contributed by atoms with Crippen molar-refractivity contribution >= 4 is 11.7 Å². The summed E-state index contributed by atoms with van der Waals surface area (Å²) in [6.07, 6.45) is 1.35. The Morgan fingerprint density at radius 2 is 2.38 bits per heavy atom. The van der Waals surface area contributed by atoms with Crippen LogP contribution < -0.4 is 16.4 Å². The maximum Gasteiger partial charge on any atom is 0.277 e. The van der Waals surface area contributed by atoms with Crippen molar-refractivity contribution < 1.29 is 4.79 Å². The van der Waals surface area contributed by atoms with E-state index in [1.165, 1.54) is 6.33 Å². The van der Waals surface area contributed by atoms with Gasteiger partial charge in [-0.25, -0.2) is 4.98 Å². The molecular weight excluding hydrogens is 172 g/mol. The summed E-state index contributed by atoms with van der Waals surface area (Å²) in [7, 11) is 0. The van der Waals surface area contributed by atoms with Crippen LogP contribution in [0.2, 0.25) is 0 Å². The molecular formula is C6H6N6O. The third-order valence-electron chi connectivity index (χ3n) is 1.66. The zero-order valence-electron chi connectivity index (χ0n) is 6.46. The summed E-state index contributed by atoms with van der Waals surface area (Å²) < 4.78 is 0. The molecule has 1 aromatic rings. The van der Waals surface area contributed by atoms with E-state index in [1.54, 1.807) is 6.07 Å². The molecule has 13 heavy (non-hydrogen) atoms. The van der Waals surface area contributed by atoms with Crippen LogP contribution >= 0.6 is 0 Å². The summed E-state index contributed by atoms with van der Waals surface area (Å²) in [6.45, 7) is 0. The molecule has 66 valence electrons. The first-order chi connectivity index (χ1) is 6.14. The predicted molar refractivity (Wildman–Crippen MR) is 42.2 cm³/mol. The molecule has 0 radical (unpaired) electrons. The van der Waals surface area contributed by atoms with Crippen molar-refractivity contribution in [3.8, 4) is 6.07 Å². The fourth-order valence-corrected chi connectivity index (χ4v) is 1.08. The van der Waals surface area contributed by atoms with E-state index in [1.807, 2.05) is 0 Å². The number of amides is 1. The van der Waals surface area contributed by atoms with Gasteiger partial charge in [0.15, 0.2) is 5.69 Å². The molecule has 5 N–H and O–H groups in total. The van der Waals surface area contributed by atoms with Crippen molar-refractivity contribution in [1.82, 2.24) is 15.3 Å². The van der Waals surface area contributed by atoms with Crippen molar-refractivity contribution in [2.24, 2.45) is 5.73 Å². The van der Waals surface area contributed by atoms with Crippen molar-refractivity contribution in [2.45, 2.75) is 5.79 Å². The zero-order chi connectivity index (χ0) is 9.47. The van der Waals surface area contributed by atoms with Crippen LogP contribution in [-0.4, -0.2) is 21.7 Å². The minimum Gasteiger partial charge on any atom is -0.331 e. The Labute approximate surface area is 72.9 Å². The fourth-order valence-electron chi connectivity index (χ4n) is 1.08. The monoisotopic (exact) mass is 178 g/mol. The molecule has 0 bridgehead atoms. The van der Waals surface area contributed by atoms with E-state index in [-0.39, 0.29) is 5.69 Å². The van der Waals surface area contributed by atoms with Crippen LogP contribution in [0.15, 0.2) is 6.33 Å². The van der Waals surface area contributed by atoms with E-state index in [0.29, 0.717) is 5.82 Å². The summed E-state index contributed by atoms with van der Waals surface area (Å²) >= 11 is 0. The fraction of sp³-hybridized carbons (Fsp3) is 0.167. The van der Waals surface area contributed by atoms with Gasteiger partial charge in [0, 0.05) is 0 Å². The molecule has 0 aliphatic carbocycles. The van der Waals surface area contributed by atoms with Gasteiger partial charge in [-0.15, -0.1) is 0 Å². The number of carbonyl (C=O) groups excluding carboxylic acids is 1. The Morgan fingerprint density at radius 3 is 3.08 bits per heavy atom. The lowest BCUT2D eigenvalue weighted by molar-refractivity contribution is 0.0916. The number of nitriles is 1. The lowest BCUT2D eigenvalue weighted by Gasteiger charge is -2.28. The second kappa shape index (κ2) is 2.21. The number of anilines is 1. The van der Waals surface area contributed by atoms with Gasteiger partial charge in [0.05, 0.1) is 6.33 Å². The number of nitrogens with zero attached hydrogens (tertiary/aromatic N) is 2. The van der Waals surface area contributed by atoms with Crippen molar-refractivity contribution in [3.63, 3.8) is 0 Å². The smallest absolute Gasteiger partial charge is 0.277 e. The molecule has 0 saturated heterocycles. The molecule has 0 fully saturated rings. The van der Waals surface area contributed by atoms with Crippen molar-refractivity contribution in [1.29, 1.82) is 5.26 Å². The molecule has 0 aromatic carbocycles. The van der Waals surface area contributed by atoms with E-state index < -0.39 is 11.7 Å². The van der Waals surface area contributed by atoms with Crippen LogP contribution in [0.25, 0.3) is 0 Å². The van der Waals surface area contributed by atoms with Gasteiger partial charge in [-0.2, -0.15) is 5.26 Å². The maximum absolute atomic E-state index is 11.3. The van der Waals surface area contributed by atoms with E-state index in [4.69, 9.17) is 11.0 Å². The highest BCUT2D eigenvalue weighted by atomic mass is 16.2. The van der Waals surface area contributed by atoms with Crippen LogP contribution in [0.3, 0.4) is 0 Å². The van der Waals surface area contributed by atoms with Crippen LogP contribution in [0.4, 0.5) is 5.82 Å². The van der Waals surface area contributed by atoms with Crippen LogP contribution in [0.1, 0.15) is 10.5 Å². The normalized spacial score (nSPS) is 25.4. The molecule has 0 saturated carbocycles. The average Bonchev–Trinajstić information content (AvgIpc) is 2.52. The maximum atomic E-state index is 11.3. The zero-order valence-corrected chi connectivity index (χ0v) is 6.46. The van der Waals surface area contributed by atoms with Crippen LogP contribution in [0.5, 0.6) is 0 Å². The molecule has 1 aromatic heterocycles. The number of hydrogen-bond acceptors (Lipinski definition) is 5. The van der Waals surface area contributed by atoms with E-state index in [2.05, 4.69) is 20.6 Å². The lowest BCUT2D eigenvalue weighted by atomic mass is 10.2. The van der Waals surface area contributed by atoms with E-state index in [0.717, 1.165) is 0 Å². The Morgan fingerprint density at radius 1 is 1.62 bits per heavy atom. The van der Waals surface area contributed by atoms with Gasteiger partial charge in [0.25, 0.3) is 11.7 Å². The van der Waals surface area contributed by atoms with Gasteiger partial charge in [0.1, 0.15) is 11.9 Å². The Hall–Kier alpha value is -2.07. The molecule has 1 aliphatic heterocycles. The number of carbonyl (C=O) groups is 1. The first kappa shape index (κ1) is 7.57. The van der Waals surface area contributed by atoms with Crippen molar-refractivity contribution in [2.75, 3.05) is 5.32 Å². The topological polar surface area (TPSA) is 120 Å². The minimum atomic E-state index is -1.56. The molecule has 7 nitrogen and oxygen atoms in total. The summed E-state index contributed by atoms with van der Waals surface area (Å²) in [5.41, 5.74) is 5.68. The molecule has 1 aliphatic rings. The highest BCUT2D eigenvalue weighted by Crippen LogP contribution is 2.17. The first-order valence-electron chi connectivity index (χ1n) is 3.49. The number of fused-ring (bicyclic) bond motifs is 1. The largest absolute Gasteiger partial charge is 0.331 e. The molecule has 1 amide bonds. The Balaban J connectivity index is 2.46. The van der Waals surface area contributed by atoms with Gasteiger partial charge in [-0.3, -0.25) is 10.5 Å². The average molecular weight is 178 g/mol. The quantitative estimate of drug-likeness (QED) is 0.393. The second-order valence-electron chi connectivity index (χ2n) is 2.63. The molecule has 2 heterocycles. The second-order valence-corrected chi connectivity index (χ2v) is 2.63. The van der Waals surface area contributed by atoms with Crippen molar-refractivity contribution in [3.05, 3.63) is 12.0 Å². The molecule has 7 heteroatoms. The molecule has 2 rings (SSSR count). The van der Waals surface area contributed by atoms with Crippen LogP contribution in [0, 0.1) is 11.3 Å². The standard InChI is InChI=1S/C6H6N6O/c7-1-6(8)11-4-3(5(13)12-6)9-2-10-4/h2,11H,8H2,(H,9,10)(H,12,13). The summed E-state index contributed by atoms with van der Waals surface area (Å²) in [6, 6.07) is 1.73. The van der Waals surface area contributed by atoms with Gasteiger partial charge in [0.2, 0.25) is 0 Å². The van der Waals surface area contributed by atoms with Gasteiger partial charge < -0.3 is 15.6 Å². The number of imidazole rings is 1. The Kier molecular flexibility index (Phi) is 1.29. The molecule has 1 unspecified atom stereocenters. The van der Waals surface area contributed by atoms with E-state index in [9.17, 15) is 4.79 Å². The number of rotatable bonds is 0.